The molecule has 4 rings (SSSR count). The lowest BCUT2D eigenvalue weighted by atomic mass is 9.30. The van der Waals surface area contributed by atoms with Crippen molar-refractivity contribution in [3.63, 3.8) is 0 Å². The fourth-order valence-electron chi connectivity index (χ4n) is 4.87. The van der Waals surface area contributed by atoms with Gasteiger partial charge in [-0.2, -0.15) is 0 Å². The number of nitrogens with two attached hydrogens (primary N) is 1. The largest absolute Gasteiger partial charge is 0.484 e. The maximum atomic E-state index is 12.7. The van der Waals surface area contributed by atoms with E-state index in [1.54, 1.807) is 24.3 Å². The fraction of sp³-hybridized carbons (Fsp3) is 0.526. The minimum Gasteiger partial charge on any atom is -0.484 e. The SMILES string of the molecule is CC(C)(C)C1C2(OC(N)=O)CC1(C(=O)NNC(=O)COc1ccc(Cl)cc1)C2. The molecule has 9 heteroatoms. The van der Waals surface area contributed by atoms with Gasteiger partial charge in [-0.1, -0.05) is 32.4 Å². The van der Waals surface area contributed by atoms with E-state index in [4.69, 9.17) is 26.8 Å². The van der Waals surface area contributed by atoms with E-state index < -0.39 is 23.0 Å². The zero-order valence-electron chi connectivity index (χ0n) is 16.0. The van der Waals surface area contributed by atoms with Crippen LogP contribution in [0.2, 0.25) is 5.02 Å². The molecule has 3 aliphatic rings. The molecular weight excluding hydrogens is 386 g/mol. The van der Waals surface area contributed by atoms with Gasteiger partial charge in [-0.3, -0.25) is 20.4 Å². The zero-order valence-corrected chi connectivity index (χ0v) is 16.8. The summed E-state index contributed by atoms with van der Waals surface area (Å²) in [5.41, 5.74) is 8.37. The highest BCUT2D eigenvalue weighted by atomic mass is 35.5. The first-order valence-electron chi connectivity index (χ1n) is 8.95. The minimum atomic E-state index is -0.837. The summed E-state index contributed by atoms with van der Waals surface area (Å²) < 4.78 is 10.7. The van der Waals surface area contributed by atoms with Gasteiger partial charge >= 0.3 is 6.09 Å². The maximum Gasteiger partial charge on any atom is 0.405 e. The molecule has 0 spiro atoms. The molecule has 1 unspecified atom stereocenters. The number of hydrogen-bond donors (Lipinski definition) is 3. The summed E-state index contributed by atoms with van der Waals surface area (Å²) in [6.07, 6.45) is -0.0440. The molecule has 1 aromatic rings. The Kier molecular flexibility index (Phi) is 4.95. The van der Waals surface area contributed by atoms with Crippen LogP contribution < -0.4 is 21.3 Å². The molecule has 1 aromatic carbocycles. The molecule has 0 saturated heterocycles. The van der Waals surface area contributed by atoms with Crippen molar-refractivity contribution in [1.29, 1.82) is 0 Å². The van der Waals surface area contributed by atoms with Gasteiger partial charge in [-0.25, -0.2) is 4.79 Å². The summed E-state index contributed by atoms with van der Waals surface area (Å²) in [6, 6.07) is 6.58. The molecule has 0 heterocycles. The van der Waals surface area contributed by atoms with Crippen LogP contribution in [0.5, 0.6) is 5.75 Å². The van der Waals surface area contributed by atoms with Crippen LogP contribution in [0.3, 0.4) is 0 Å². The molecule has 0 aliphatic heterocycles. The van der Waals surface area contributed by atoms with E-state index in [-0.39, 0.29) is 23.8 Å². The number of benzene rings is 1. The summed E-state index contributed by atoms with van der Waals surface area (Å²) >= 11 is 5.79. The molecule has 0 aromatic heterocycles. The van der Waals surface area contributed by atoms with Gasteiger partial charge in [-0.05, 0) is 29.7 Å². The predicted octanol–water partition coefficient (Wildman–Crippen LogP) is 2.16. The van der Waals surface area contributed by atoms with Crippen LogP contribution in [0.4, 0.5) is 4.79 Å². The Labute approximate surface area is 168 Å². The number of primary amides is 1. The normalized spacial score (nSPS) is 27.6. The van der Waals surface area contributed by atoms with Gasteiger partial charge in [0, 0.05) is 23.8 Å². The Balaban J connectivity index is 1.53. The van der Waals surface area contributed by atoms with Gasteiger partial charge in [0.05, 0.1) is 5.41 Å². The standard InChI is InChI=1S/C19H24ClN3O5/c1-17(2,3)14-18(9-19(14,10-18)28-16(21)26)15(25)23-22-13(24)8-27-12-6-4-11(20)5-7-12/h4-7,14H,8-10H2,1-3H3,(H2,21,26)(H,22,24)(H,23,25). The third kappa shape index (κ3) is 3.48. The quantitative estimate of drug-likeness (QED) is 0.643. The zero-order chi connectivity index (χ0) is 20.7. The molecule has 152 valence electrons. The van der Waals surface area contributed by atoms with Gasteiger partial charge in [0.15, 0.2) is 6.61 Å². The number of carbonyl (C=O) groups is 3. The molecule has 3 amide bonds. The number of hydrogen-bond acceptors (Lipinski definition) is 5. The van der Waals surface area contributed by atoms with Crippen molar-refractivity contribution in [2.75, 3.05) is 6.61 Å². The van der Waals surface area contributed by atoms with Crippen LogP contribution in [0.25, 0.3) is 0 Å². The Morgan fingerprint density at radius 2 is 1.79 bits per heavy atom. The van der Waals surface area contributed by atoms with Crippen molar-refractivity contribution < 1.29 is 23.9 Å². The average Bonchev–Trinajstić information content (AvgIpc) is 2.52. The average molecular weight is 410 g/mol. The highest BCUT2D eigenvalue weighted by molar-refractivity contribution is 6.30. The van der Waals surface area contributed by atoms with E-state index >= 15 is 0 Å². The third-order valence-corrected chi connectivity index (χ3v) is 5.68. The number of amides is 3. The Bertz CT molecular complexity index is 797. The van der Waals surface area contributed by atoms with Crippen LogP contribution >= 0.6 is 11.6 Å². The highest BCUT2D eigenvalue weighted by Gasteiger charge is 2.83. The number of nitrogens with one attached hydrogen (secondary N) is 2. The highest BCUT2D eigenvalue weighted by Crippen LogP contribution is 2.77. The van der Waals surface area contributed by atoms with Gasteiger partial charge in [-0.15, -0.1) is 0 Å². The number of rotatable bonds is 5. The number of carbonyl (C=O) groups excluding carboxylic acids is 3. The van der Waals surface area contributed by atoms with Gasteiger partial charge in [0.25, 0.3) is 5.91 Å². The van der Waals surface area contributed by atoms with Crippen LogP contribution in [0.1, 0.15) is 33.6 Å². The van der Waals surface area contributed by atoms with Crippen LogP contribution in [-0.2, 0) is 14.3 Å². The summed E-state index contributed by atoms with van der Waals surface area (Å²) in [5, 5.41) is 0.564. The van der Waals surface area contributed by atoms with Crippen LogP contribution in [-0.4, -0.2) is 30.1 Å². The number of ether oxygens (including phenoxy) is 2. The molecule has 2 bridgehead atoms. The summed E-state index contributed by atoms with van der Waals surface area (Å²) in [5.74, 6) is -0.488. The summed E-state index contributed by atoms with van der Waals surface area (Å²) in [7, 11) is 0. The van der Waals surface area contributed by atoms with Crippen molar-refractivity contribution in [3.05, 3.63) is 29.3 Å². The summed E-state index contributed by atoms with van der Waals surface area (Å²) in [4.78, 5) is 35.9. The fourth-order valence-corrected chi connectivity index (χ4v) is 5.00. The van der Waals surface area contributed by atoms with E-state index in [9.17, 15) is 14.4 Å². The third-order valence-electron chi connectivity index (χ3n) is 5.43. The lowest BCUT2D eigenvalue weighted by Gasteiger charge is -2.76. The van der Waals surface area contributed by atoms with Crippen molar-refractivity contribution in [2.24, 2.45) is 22.5 Å². The second-order valence-electron chi connectivity index (χ2n) is 8.54. The molecule has 0 radical (unpaired) electrons. The molecule has 3 aliphatic carbocycles. The second-order valence-corrected chi connectivity index (χ2v) is 8.98. The monoisotopic (exact) mass is 409 g/mol. The van der Waals surface area contributed by atoms with Crippen LogP contribution in [0, 0.1) is 16.7 Å². The smallest absolute Gasteiger partial charge is 0.405 e. The molecule has 28 heavy (non-hydrogen) atoms. The van der Waals surface area contributed by atoms with E-state index in [1.807, 2.05) is 20.8 Å². The Morgan fingerprint density at radius 3 is 2.32 bits per heavy atom. The molecular formula is C19H24ClN3O5. The van der Waals surface area contributed by atoms with Crippen molar-refractivity contribution in [2.45, 2.75) is 39.2 Å². The van der Waals surface area contributed by atoms with Crippen LogP contribution in [0.15, 0.2) is 24.3 Å². The van der Waals surface area contributed by atoms with Gasteiger partial charge in [0.2, 0.25) is 5.91 Å². The van der Waals surface area contributed by atoms with Gasteiger partial charge < -0.3 is 15.2 Å². The van der Waals surface area contributed by atoms with Gasteiger partial charge in [0.1, 0.15) is 11.4 Å². The molecule has 3 saturated carbocycles. The van der Waals surface area contributed by atoms with E-state index in [1.165, 1.54) is 0 Å². The molecule has 1 atom stereocenters. The van der Waals surface area contributed by atoms with Crippen molar-refractivity contribution in [1.82, 2.24) is 10.9 Å². The molecule has 3 fully saturated rings. The number of hydrazine groups is 1. The summed E-state index contributed by atoms with van der Waals surface area (Å²) in [6.45, 7) is 5.69. The number of halogens is 1. The second kappa shape index (κ2) is 6.84. The molecule has 4 N–H and O–H groups in total. The van der Waals surface area contributed by atoms with E-state index in [0.717, 1.165) is 0 Å². The topological polar surface area (TPSA) is 120 Å². The van der Waals surface area contributed by atoms with Crippen molar-refractivity contribution >= 4 is 29.5 Å². The Hall–Kier alpha value is -2.48. The first kappa shape index (κ1) is 20.3. The minimum absolute atomic E-state index is 0.179. The first-order valence-corrected chi connectivity index (χ1v) is 9.32. The predicted molar refractivity (Wildman–Crippen MR) is 101 cm³/mol. The lowest BCUT2D eigenvalue weighted by Crippen LogP contribution is -2.83. The first-order chi connectivity index (χ1) is 13.0. The van der Waals surface area contributed by atoms with Crippen molar-refractivity contribution in [3.8, 4) is 5.75 Å². The molecule has 8 nitrogen and oxygen atoms in total. The van der Waals surface area contributed by atoms with E-state index in [0.29, 0.717) is 23.6 Å². The Morgan fingerprint density at radius 1 is 1.18 bits per heavy atom. The maximum absolute atomic E-state index is 12.7. The van der Waals surface area contributed by atoms with E-state index in [2.05, 4.69) is 10.9 Å². The lowest BCUT2D eigenvalue weighted by molar-refractivity contribution is -0.328.